The Morgan fingerprint density at radius 3 is 2.50 bits per heavy atom. The molecule has 0 bridgehead atoms. The summed E-state index contributed by atoms with van der Waals surface area (Å²) in [7, 11) is 1.78. The van der Waals surface area contributed by atoms with Crippen LogP contribution in [0.2, 0.25) is 0 Å². The summed E-state index contributed by atoms with van der Waals surface area (Å²) in [5, 5.41) is 11.8. The molecule has 1 aromatic heterocycles. The summed E-state index contributed by atoms with van der Waals surface area (Å²) >= 11 is 3.21. The highest BCUT2D eigenvalue weighted by Gasteiger charge is 2.16. The summed E-state index contributed by atoms with van der Waals surface area (Å²) in [5.74, 6) is -1.44. The van der Waals surface area contributed by atoms with Gasteiger partial charge in [-0.3, -0.25) is 4.79 Å². The average Bonchev–Trinajstić information content (AvgIpc) is 2.72. The summed E-state index contributed by atoms with van der Waals surface area (Å²) in [6.07, 6.45) is 0. The number of hydrogen-bond donors (Lipinski definition) is 2. The van der Waals surface area contributed by atoms with Gasteiger partial charge in [-0.2, -0.15) is 0 Å². The first-order valence-electron chi connectivity index (χ1n) is 5.86. The lowest BCUT2D eigenvalue weighted by atomic mass is 10.2. The van der Waals surface area contributed by atoms with E-state index in [1.807, 2.05) is 13.0 Å². The third-order valence-corrected chi connectivity index (χ3v) is 3.56. The number of anilines is 1. The Bertz CT molecular complexity index is 692. The van der Waals surface area contributed by atoms with Gasteiger partial charge in [-0.25, -0.2) is 4.79 Å². The van der Waals surface area contributed by atoms with Crippen molar-refractivity contribution in [2.45, 2.75) is 6.92 Å². The topological polar surface area (TPSA) is 71.3 Å². The van der Waals surface area contributed by atoms with Crippen LogP contribution in [0.5, 0.6) is 0 Å². The summed E-state index contributed by atoms with van der Waals surface area (Å²) < 4.78 is 2.39. The van der Waals surface area contributed by atoms with E-state index in [4.69, 9.17) is 5.11 Å². The zero-order valence-corrected chi connectivity index (χ0v) is 12.6. The lowest BCUT2D eigenvalue weighted by molar-refractivity contribution is 0.0698. The average molecular weight is 337 g/mol. The van der Waals surface area contributed by atoms with Crippen LogP contribution in [0.15, 0.2) is 34.8 Å². The highest BCUT2D eigenvalue weighted by Crippen LogP contribution is 2.22. The first-order valence-corrected chi connectivity index (χ1v) is 6.66. The zero-order chi connectivity index (χ0) is 14.9. The smallest absolute Gasteiger partial charge is 0.337 e. The van der Waals surface area contributed by atoms with Gasteiger partial charge in [0.05, 0.1) is 11.3 Å². The Hall–Kier alpha value is -2.08. The molecule has 0 aliphatic rings. The molecular formula is C14H13BrN2O3. The fraction of sp³-hybridized carbons (Fsp3) is 0.143. The number of halogens is 1. The molecule has 0 unspecified atom stereocenters. The van der Waals surface area contributed by atoms with E-state index >= 15 is 0 Å². The van der Waals surface area contributed by atoms with Crippen LogP contribution in [0.3, 0.4) is 0 Å². The highest BCUT2D eigenvalue weighted by atomic mass is 79.9. The number of aromatic carboxylic acids is 1. The number of carboxylic acid groups (broad SMARTS) is 1. The van der Waals surface area contributed by atoms with Gasteiger partial charge in [0.25, 0.3) is 5.91 Å². The molecule has 2 rings (SSSR count). The lowest BCUT2D eigenvalue weighted by Gasteiger charge is -2.10. The van der Waals surface area contributed by atoms with Gasteiger partial charge in [0.1, 0.15) is 5.69 Å². The molecule has 0 spiro atoms. The zero-order valence-electron chi connectivity index (χ0n) is 11.0. The first-order chi connectivity index (χ1) is 9.40. The van der Waals surface area contributed by atoms with E-state index in [-0.39, 0.29) is 17.2 Å². The standard InChI is InChI=1S/C14H13BrN2O3/c1-8-3-6-12(17(8)2)13(18)16-11-5-4-9(15)7-10(11)14(19)20/h3-7H,1-2H3,(H,16,18)(H,19,20). The van der Waals surface area contributed by atoms with Crippen molar-refractivity contribution >= 4 is 33.5 Å². The van der Waals surface area contributed by atoms with Crippen molar-refractivity contribution in [3.8, 4) is 0 Å². The molecule has 104 valence electrons. The fourth-order valence-electron chi connectivity index (χ4n) is 1.83. The number of amides is 1. The molecule has 0 saturated heterocycles. The second-order valence-corrected chi connectivity index (χ2v) is 5.28. The molecule has 0 aliphatic heterocycles. The predicted octanol–water partition coefficient (Wildman–Crippen LogP) is 3.05. The molecule has 0 atom stereocenters. The van der Waals surface area contributed by atoms with E-state index < -0.39 is 5.97 Å². The Morgan fingerprint density at radius 2 is 1.95 bits per heavy atom. The molecular weight excluding hydrogens is 324 g/mol. The quantitative estimate of drug-likeness (QED) is 0.904. The third kappa shape index (κ3) is 2.75. The van der Waals surface area contributed by atoms with Crippen LogP contribution in [-0.2, 0) is 7.05 Å². The van der Waals surface area contributed by atoms with Gasteiger partial charge in [0, 0.05) is 17.2 Å². The second kappa shape index (κ2) is 5.50. The van der Waals surface area contributed by atoms with Crippen molar-refractivity contribution in [1.82, 2.24) is 4.57 Å². The van der Waals surface area contributed by atoms with Crippen LogP contribution in [0.4, 0.5) is 5.69 Å². The number of carbonyl (C=O) groups excluding carboxylic acids is 1. The molecule has 2 N–H and O–H groups in total. The normalized spacial score (nSPS) is 10.3. The van der Waals surface area contributed by atoms with Gasteiger partial charge in [-0.05, 0) is 37.3 Å². The van der Waals surface area contributed by atoms with Crippen LogP contribution in [-0.4, -0.2) is 21.6 Å². The number of nitrogens with zero attached hydrogens (tertiary/aromatic N) is 1. The summed E-state index contributed by atoms with van der Waals surface area (Å²) in [6, 6.07) is 8.21. The van der Waals surface area contributed by atoms with Crippen LogP contribution < -0.4 is 5.32 Å². The maximum absolute atomic E-state index is 12.2. The summed E-state index contributed by atoms with van der Waals surface area (Å²) in [6.45, 7) is 1.89. The van der Waals surface area contributed by atoms with Crippen molar-refractivity contribution in [3.63, 3.8) is 0 Å². The number of benzene rings is 1. The molecule has 1 aromatic carbocycles. The molecule has 6 heteroatoms. The monoisotopic (exact) mass is 336 g/mol. The first kappa shape index (κ1) is 14.3. The van der Waals surface area contributed by atoms with Crippen LogP contribution in [0.1, 0.15) is 26.5 Å². The maximum atomic E-state index is 12.2. The largest absolute Gasteiger partial charge is 0.478 e. The Kier molecular flexibility index (Phi) is 3.94. The van der Waals surface area contributed by atoms with Crippen molar-refractivity contribution in [3.05, 3.63) is 51.8 Å². The number of aryl methyl sites for hydroxylation is 1. The minimum atomic E-state index is -1.09. The number of aromatic nitrogens is 1. The van der Waals surface area contributed by atoms with E-state index in [0.29, 0.717) is 10.2 Å². The molecule has 0 saturated carbocycles. The Labute approximate surface area is 124 Å². The number of rotatable bonds is 3. The van der Waals surface area contributed by atoms with Crippen molar-refractivity contribution < 1.29 is 14.7 Å². The maximum Gasteiger partial charge on any atom is 0.337 e. The molecule has 20 heavy (non-hydrogen) atoms. The molecule has 2 aromatic rings. The van der Waals surface area contributed by atoms with Gasteiger partial charge in [-0.15, -0.1) is 0 Å². The van der Waals surface area contributed by atoms with Crippen LogP contribution in [0, 0.1) is 6.92 Å². The third-order valence-electron chi connectivity index (χ3n) is 3.07. The van der Waals surface area contributed by atoms with Crippen molar-refractivity contribution in [2.24, 2.45) is 7.05 Å². The number of nitrogens with one attached hydrogen (secondary N) is 1. The Morgan fingerprint density at radius 1 is 1.25 bits per heavy atom. The molecule has 0 aliphatic carbocycles. The molecule has 0 fully saturated rings. The number of carbonyl (C=O) groups is 2. The summed E-state index contributed by atoms with van der Waals surface area (Å²) in [4.78, 5) is 23.4. The van der Waals surface area contributed by atoms with E-state index in [9.17, 15) is 9.59 Å². The highest BCUT2D eigenvalue weighted by molar-refractivity contribution is 9.10. The van der Waals surface area contributed by atoms with Crippen LogP contribution >= 0.6 is 15.9 Å². The van der Waals surface area contributed by atoms with Gasteiger partial charge in [0.15, 0.2) is 0 Å². The lowest BCUT2D eigenvalue weighted by Crippen LogP contribution is -2.18. The number of carboxylic acids is 1. The van der Waals surface area contributed by atoms with E-state index in [1.54, 1.807) is 29.8 Å². The molecule has 1 heterocycles. The van der Waals surface area contributed by atoms with Crippen LogP contribution in [0.25, 0.3) is 0 Å². The second-order valence-electron chi connectivity index (χ2n) is 4.37. The number of hydrogen-bond acceptors (Lipinski definition) is 2. The van der Waals surface area contributed by atoms with E-state index in [2.05, 4.69) is 21.2 Å². The van der Waals surface area contributed by atoms with Gasteiger partial charge >= 0.3 is 5.97 Å². The minimum Gasteiger partial charge on any atom is -0.478 e. The SMILES string of the molecule is Cc1ccc(C(=O)Nc2ccc(Br)cc2C(=O)O)n1C. The van der Waals surface area contributed by atoms with E-state index in [1.165, 1.54) is 6.07 Å². The van der Waals surface area contributed by atoms with Crippen molar-refractivity contribution in [1.29, 1.82) is 0 Å². The Balaban J connectivity index is 2.33. The van der Waals surface area contributed by atoms with Gasteiger partial charge in [-0.1, -0.05) is 15.9 Å². The van der Waals surface area contributed by atoms with Crippen molar-refractivity contribution in [2.75, 3.05) is 5.32 Å². The fourth-order valence-corrected chi connectivity index (χ4v) is 2.19. The predicted molar refractivity (Wildman–Crippen MR) is 79.2 cm³/mol. The summed E-state index contributed by atoms with van der Waals surface area (Å²) in [5.41, 5.74) is 1.73. The minimum absolute atomic E-state index is 0.0404. The molecule has 5 nitrogen and oxygen atoms in total. The van der Waals surface area contributed by atoms with Gasteiger partial charge in [0.2, 0.25) is 0 Å². The molecule has 0 radical (unpaired) electrons. The molecule has 1 amide bonds. The van der Waals surface area contributed by atoms with E-state index in [0.717, 1.165) is 5.69 Å². The van der Waals surface area contributed by atoms with Gasteiger partial charge < -0.3 is 15.0 Å².